The van der Waals surface area contributed by atoms with Gasteiger partial charge < -0.3 is 0 Å². The molecule has 0 saturated heterocycles. The van der Waals surface area contributed by atoms with Gasteiger partial charge in [-0.1, -0.05) is 48.5 Å². The molecular weight excluding hydrogens is 268 g/mol. The Hall–Kier alpha value is -1.58. The quantitative estimate of drug-likeness (QED) is 0.856. The zero-order valence-corrected chi connectivity index (χ0v) is 11.1. The summed E-state index contributed by atoms with van der Waals surface area (Å²) in [6.07, 6.45) is 0. The lowest BCUT2D eigenvalue weighted by Gasteiger charge is -2.08. The lowest BCUT2D eigenvalue weighted by Crippen LogP contribution is -2.02. The van der Waals surface area contributed by atoms with Crippen LogP contribution in [0.2, 0.25) is 5.02 Å². The first-order valence-electron chi connectivity index (χ1n) is 5.27. The van der Waals surface area contributed by atoms with E-state index in [1.54, 1.807) is 54.6 Å². The first-order chi connectivity index (χ1) is 8.51. The molecule has 0 aromatic heterocycles. The maximum Gasteiger partial charge on any atom is 0.206 e. The Labute approximate surface area is 111 Å². The number of hydrogen-bond donors (Lipinski definition) is 0. The van der Waals surface area contributed by atoms with E-state index in [-0.39, 0.29) is 9.80 Å². The third-order valence-corrected chi connectivity index (χ3v) is 4.54. The fourth-order valence-electron chi connectivity index (χ4n) is 1.56. The Bertz CT molecular complexity index is 676. The van der Waals surface area contributed by atoms with Gasteiger partial charge in [-0.25, -0.2) is 8.42 Å². The van der Waals surface area contributed by atoms with E-state index in [4.69, 9.17) is 11.6 Å². The fourth-order valence-corrected chi connectivity index (χ4v) is 2.99. The summed E-state index contributed by atoms with van der Waals surface area (Å²) in [6.45, 7) is 3.67. The Morgan fingerprint density at radius 2 is 1.67 bits per heavy atom. The molecule has 0 aliphatic heterocycles. The number of rotatable bonds is 3. The number of benzene rings is 2. The molecule has 2 rings (SSSR count). The lowest BCUT2D eigenvalue weighted by atomic mass is 10.2. The van der Waals surface area contributed by atoms with Gasteiger partial charge in [0.1, 0.15) is 0 Å². The van der Waals surface area contributed by atoms with Crippen LogP contribution in [0.25, 0.3) is 4.91 Å². The van der Waals surface area contributed by atoms with Crippen LogP contribution < -0.4 is 0 Å². The average molecular weight is 279 g/mol. The Morgan fingerprint density at radius 1 is 1.00 bits per heavy atom. The highest BCUT2D eigenvalue weighted by atomic mass is 35.5. The van der Waals surface area contributed by atoms with Crippen molar-refractivity contribution in [3.63, 3.8) is 0 Å². The first kappa shape index (κ1) is 12.9. The smallest absolute Gasteiger partial charge is 0.206 e. The Morgan fingerprint density at radius 3 is 2.28 bits per heavy atom. The van der Waals surface area contributed by atoms with E-state index < -0.39 is 9.84 Å². The SMILES string of the molecule is C=C(c1cccc(Cl)c1)S(=O)(=O)c1ccccc1. The van der Waals surface area contributed by atoms with Gasteiger partial charge in [-0.2, -0.15) is 0 Å². The maximum atomic E-state index is 12.3. The largest absolute Gasteiger partial charge is 0.219 e. The molecule has 0 radical (unpaired) electrons. The normalized spacial score (nSPS) is 11.2. The van der Waals surface area contributed by atoms with Gasteiger partial charge in [0.2, 0.25) is 9.84 Å². The molecule has 4 heteroatoms. The summed E-state index contributed by atoms with van der Waals surface area (Å²) in [5, 5.41) is 0.483. The maximum absolute atomic E-state index is 12.3. The van der Waals surface area contributed by atoms with Crippen molar-refractivity contribution < 1.29 is 8.42 Å². The average Bonchev–Trinajstić information content (AvgIpc) is 2.39. The van der Waals surface area contributed by atoms with Crippen LogP contribution in [-0.2, 0) is 9.84 Å². The molecule has 0 unspecified atom stereocenters. The molecule has 0 aliphatic rings. The summed E-state index contributed by atoms with van der Waals surface area (Å²) in [7, 11) is -3.56. The molecule has 0 aliphatic carbocycles. The van der Waals surface area contributed by atoms with Crippen molar-refractivity contribution >= 4 is 26.3 Å². The first-order valence-corrected chi connectivity index (χ1v) is 7.13. The van der Waals surface area contributed by atoms with Gasteiger partial charge in [0.25, 0.3) is 0 Å². The highest BCUT2D eigenvalue weighted by Crippen LogP contribution is 2.27. The van der Waals surface area contributed by atoms with Crippen LogP contribution in [0.5, 0.6) is 0 Å². The van der Waals surface area contributed by atoms with Gasteiger partial charge in [-0.3, -0.25) is 0 Å². The molecule has 0 heterocycles. The van der Waals surface area contributed by atoms with Crippen molar-refractivity contribution in [3.05, 3.63) is 71.8 Å². The minimum absolute atomic E-state index is 0.0520. The predicted molar refractivity (Wildman–Crippen MR) is 74.1 cm³/mol. The van der Waals surface area contributed by atoms with Gasteiger partial charge in [0.05, 0.1) is 9.80 Å². The van der Waals surface area contributed by atoms with Crippen LogP contribution in [0.15, 0.2) is 66.1 Å². The van der Waals surface area contributed by atoms with Crippen molar-refractivity contribution in [2.75, 3.05) is 0 Å². The second-order valence-corrected chi connectivity index (χ2v) is 6.16. The van der Waals surface area contributed by atoms with Crippen LogP contribution in [0.3, 0.4) is 0 Å². The van der Waals surface area contributed by atoms with Crippen molar-refractivity contribution in [1.29, 1.82) is 0 Å². The lowest BCUT2D eigenvalue weighted by molar-refractivity contribution is 0.606. The number of hydrogen-bond acceptors (Lipinski definition) is 2. The van der Waals surface area contributed by atoms with E-state index in [1.807, 2.05) is 0 Å². The van der Waals surface area contributed by atoms with Gasteiger partial charge in [0.15, 0.2) is 0 Å². The van der Waals surface area contributed by atoms with Crippen LogP contribution in [-0.4, -0.2) is 8.42 Å². The van der Waals surface area contributed by atoms with Gasteiger partial charge >= 0.3 is 0 Å². The summed E-state index contributed by atoms with van der Waals surface area (Å²) < 4.78 is 24.6. The highest BCUT2D eigenvalue weighted by molar-refractivity contribution is 8.00. The zero-order valence-electron chi connectivity index (χ0n) is 9.51. The summed E-state index contributed by atoms with van der Waals surface area (Å²) >= 11 is 5.85. The molecule has 2 aromatic carbocycles. The van der Waals surface area contributed by atoms with E-state index in [0.717, 1.165) is 0 Å². The fraction of sp³-hybridized carbons (Fsp3) is 0. The van der Waals surface area contributed by atoms with E-state index in [0.29, 0.717) is 10.6 Å². The molecule has 0 atom stereocenters. The van der Waals surface area contributed by atoms with Gasteiger partial charge in [-0.15, -0.1) is 0 Å². The van der Waals surface area contributed by atoms with Crippen molar-refractivity contribution in [2.24, 2.45) is 0 Å². The third kappa shape index (κ3) is 2.47. The van der Waals surface area contributed by atoms with Gasteiger partial charge in [-0.05, 0) is 29.8 Å². The summed E-state index contributed by atoms with van der Waals surface area (Å²) in [5.74, 6) is 0. The minimum atomic E-state index is -3.56. The molecule has 2 aromatic rings. The van der Waals surface area contributed by atoms with Crippen LogP contribution in [0.1, 0.15) is 5.56 Å². The minimum Gasteiger partial charge on any atom is -0.219 e. The molecule has 92 valence electrons. The highest BCUT2D eigenvalue weighted by Gasteiger charge is 2.19. The van der Waals surface area contributed by atoms with E-state index in [9.17, 15) is 8.42 Å². The molecule has 0 fully saturated rings. The van der Waals surface area contributed by atoms with Crippen LogP contribution in [0.4, 0.5) is 0 Å². The van der Waals surface area contributed by atoms with E-state index in [1.165, 1.54) is 0 Å². The molecule has 0 saturated carbocycles. The van der Waals surface area contributed by atoms with Gasteiger partial charge in [0, 0.05) is 5.02 Å². The van der Waals surface area contributed by atoms with Crippen LogP contribution in [0, 0.1) is 0 Å². The molecule has 0 spiro atoms. The summed E-state index contributed by atoms with van der Waals surface area (Å²) in [5.41, 5.74) is 0.506. The molecule has 0 amide bonds. The Kier molecular flexibility index (Phi) is 3.55. The second-order valence-electron chi connectivity index (χ2n) is 3.75. The third-order valence-electron chi connectivity index (χ3n) is 2.52. The zero-order chi connectivity index (χ0) is 13.2. The molecule has 2 nitrogen and oxygen atoms in total. The van der Waals surface area contributed by atoms with Crippen molar-refractivity contribution in [1.82, 2.24) is 0 Å². The molecule has 0 bridgehead atoms. The summed E-state index contributed by atoms with van der Waals surface area (Å²) in [4.78, 5) is 0.283. The Balaban J connectivity index is 2.47. The number of halogens is 1. The van der Waals surface area contributed by atoms with E-state index in [2.05, 4.69) is 6.58 Å². The molecule has 0 N–H and O–H groups in total. The van der Waals surface area contributed by atoms with E-state index >= 15 is 0 Å². The predicted octanol–water partition coefficient (Wildman–Crippen LogP) is 3.78. The number of sulfone groups is 1. The van der Waals surface area contributed by atoms with Crippen molar-refractivity contribution in [3.8, 4) is 0 Å². The van der Waals surface area contributed by atoms with Crippen molar-refractivity contribution in [2.45, 2.75) is 4.90 Å². The second kappa shape index (κ2) is 4.96. The summed E-state index contributed by atoms with van der Waals surface area (Å²) in [6, 6.07) is 14.9. The monoisotopic (exact) mass is 278 g/mol. The molecular formula is C14H11ClO2S. The standard InChI is InChI=1S/C14H11ClO2S/c1-11(12-6-5-7-13(15)10-12)18(16,17)14-8-3-2-4-9-14/h2-10H,1H2. The molecule has 18 heavy (non-hydrogen) atoms. The van der Waals surface area contributed by atoms with Crippen LogP contribution >= 0.6 is 11.6 Å². The topological polar surface area (TPSA) is 34.1 Å².